The third-order valence-electron chi connectivity index (χ3n) is 11.4. The summed E-state index contributed by atoms with van der Waals surface area (Å²) in [4.78, 5) is 0. The maximum atomic E-state index is 2.34. The summed E-state index contributed by atoms with van der Waals surface area (Å²) in [6, 6.07) is 76.1. The highest BCUT2D eigenvalue weighted by atomic mass is 14.1. The Hall–Kier alpha value is -7.02. The molecule has 0 spiro atoms. The molecule has 0 aliphatic heterocycles. The van der Waals surface area contributed by atoms with Crippen LogP contribution in [0.25, 0.3) is 109 Å². The van der Waals surface area contributed by atoms with Crippen LogP contribution < -0.4 is 0 Å². The third kappa shape index (κ3) is 5.07. The van der Waals surface area contributed by atoms with E-state index >= 15 is 0 Å². The molecule has 0 bridgehead atoms. The van der Waals surface area contributed by atoms with Crippen molar-refractivity contribution in [2.24, 2.45) is 0 Å². The molecule has 0 atom stereocenters. The molecule has 0 saturated heterocycles. The maximum Gasteiger partial charge on any atom is -0.0105 e. The fourth-order valence-electron chi connectivity index (χ4n) is 8.65. The molecule has 0 aromatic heterocycles. The van der Waals surface area contributed by atoms with Crippen LogP contribution in [0.2, 0.25) is 0 Å². The Morgan fingerprint density at radius 3 is 0.981 bits per heavy atom. The first-order chi connectivity index (χ1) is 26.7. The molecule has 0 N–H and O–H groups in total. The summed E-state index contributed by atoms with van der Waals surface area (Å²) >= 11 is 0. The summed E-state index contributed by atoms with van der Waals surface area (Å²) in [5, 5.41) is 15.3. The van der Waals surface area contributed by atoms with Crippen LogP contribution in [0, 0.1) is 0 Å². The molecule has 0 fully saturated rings. The number of rotatable bonds is 4. The molecule has 54 heavy (non-hydrogen) atoms. The predicted octanol–water partition coefficient (Wildman–Crippen LogP) is 15.3. The number of benzene rings is 11. The van der Waals surface area contributed by atoms with Gasteiger partial charge in [0, 0.05) is 0 Å². The molecule has 0 amide bonds. The van der Waals surface area contributed by atoms with E-state index in [-0.39, 0.29) is 0 Å². The van der Waals surface area contributed by atoms with E-state index in [1.807, 2.05) is 0 Å². The second-order valence-corrected chi connectivity index (χ2v) is 14.5. The molecule has 0 nitrogen and oxygen atoms in total. The average molecular weight is 683 g/mol. The molecule has 0 radical (unpaired) electrons. The Kier molecular flexibility index (Phi) is 6.97. The molecule has 11 aromatic rings. The van der Waals surface area contributed by atoms with Gasteiger partial charge < -0.3 is 0 Å². The van der Waals surface area contributed by atoms with Gasteiger partial charge in [-0.15, -0.1) is 0 Å². The molecule has 0 unspecified atom stereocenters. The molecular formula is C54H34. The van der Waals surface area contributed by atoms with Gasteiger partial charge in [-0.2, -0.15) is 0 Å². The van der Waals surface area contributed by atoms with E-state index < -0.39 is 0 Å². The molecular weight excluding hydrogens is 649 g/mol. The highest BCUT2D eigenvalue weighted by Crippen LogP contribution is 2.37. The zero-order chi connectivity index (χ0) is 35.6. The summed E-state index contributed by atoms with van der Waals surface area (Å²) < 4.78 is 0. The Morgan fingerprint density at radius 2 is 0.500 bits per heavy atom. The lowest BCUT2D eigenvalue weighted by molar-refractivity contribution is 1.62. The first kappa shape index (κ1) is 30.6. The predicted molar refractivity (Wildman–Crippen MR) is 233 cm³/mol. The van der Waals surface area contributed by atoms with Crippen molar-refractivity contribution in [1.29, 1.82) is 0 Å². The van der Waals surface area contributed by atoms with Crippen molar-refractivity contribution < 1.29 is 0 Å². The monoisotopic (exact) mass is 682 g/mol. The van der Waals surface area contributed by atoms with E-state index in [0.29, 0.717) is 0 Å². The van der Waals surface area contributed by atoms with Crippen molar-refractivity contribution in [2.45, 2.75) is 0 Å². The first-order valence-electron chi connectivity index (χ1n) is 18.7. The highest BCUT2D eigenvalue weighted by molar-refractivity contribution is 6.12. The summed E-state index contributed by atoms with van der Waals surface area (Å²) in [6.07, 6.45) is 0. The van der Waals surface area contributed by atoms with Gasteiger partial charge in [-0.1, -0.05) is 182 Å². The minimum absolute atomic E-state index is 1.23. The summed E-state index contributed by atoms with van der Waals surface area (Å²) in [5.41, 5.74) is 9.97. The molecule has 0 aliphatic rings. The lowest BCUT2D eigenvalue weighted by Gasteiger charge is -2.12. The van der Waals surface area contributed by atoms with Crippen LogP contribution in [0.1, 0.15) is 0 Å². The molecule has 0 heterocycles. The standard InChI is InChI=1S/C54H34/c1-3-11-47-36(7-1)9-5-13-49(47)38-17-15-35(16-18-38)39-23-27-51-42(31-39)19-20-43-32-40(24-28-52(43)51)41-25-29-53-44(33-41)21-22-45-34-46(26-30-54(45)53)50-14-6-10-37-8-2-4-12-48(37)50/h1-34H. The van der Waals surface area contributed by atoms with Crippen LogP contribution in [0.4, 0.5) is 0 Å². The fourth-order valence-corrected chi connectivity index (χ4v) is 8.65. The van der Waals surface area contributed by atoms with Gasteiger partial charge in [-0.3, -0.25) is 0 Å². The largest absolute Gasteiger partial charge is 0.0616 e. The smallest absolute Gasteiger partial charge is 0.0105 e. The Morgan fingerprint density at radius 1 is 0.167 bits per heavy atom. The topological polar surface area (TPSA) is 0 Å². The van der Waals surface area contributed by atoms with Crippen LogP contribution in [0.15, 0.2) is 206 Å². The van der Waals surface area contributed by atoms with Crippen LogP contribution in [0.3, 0.4) is 0 Å². The van der Waals surface area contributed by atoms with Crippen molar-refractivity contribution in [3.8, 4) is 44.5 Å². The van der Waals surface area contributed by atoms with Crippen molar-refractivity contribution >= 4 is 64.6 Å². The molecule has 11 aromatic carbocycles. The van der Waals surface area contributed by atoms with Crippen molar-refractivity contribution in [3.63, 3.8) is 0 Å². The highest BCUT2D eigenvalue weighted by Gasteiger charge is 2.10. The first-order valence-corrected chi connectivity index (χ1v) is 18.7. The van der Waals surface area contributed by atoms with Crippen LogP contribution in [0.5, 0.6) is 0 Å². The van der Waals surface area contributed by atoms with E-state index in [1.165, 1.54) is 109 Å². The van der Waals surface area contributed by atoms with Gasteiger partial charge in [0.25, 0.3) is 0 Å². The number of hydrogen-bond acceptors (Lipinski definition) is 0. The van der Waals surface area contributed by atoms with Crippen molar-refractivity contribution in [3.05, 3.63) is 206 Å². The van der Waals surface area contributed by atoms with Crippen molar-refractivity contribution in [1.82, 2.24) is 0 Å². The van der Waals surface area contributed by atoms with E-state index in [2.05, 4.69) is 206 Å². The number of fused-ring (bicyclic) bond motifs is 8. The molecule has 11 rings (SSSR count). The minimum Gasteiger partial charge on any atom is -0.0616 e. The molecule has 0 aliphatic carbocycles. The Bertz CT molecular complexity index is 3250. The van der Waals surface area contributed by atoms with Crippen LogP contribution >= 0.6 is 0 Å². The SMILES string of the molecule is c1ccc2c(-c3ccc(-c4ccc5c(ccc6cc(-c7ccc8c(ccc9cc(-c%10cccc%11ccccc%10%11)ccc98)c7)ccc65)c4)cc3)cccc2c1. The van der Waals surface area contributed by atoms with E-state index in [0.717, 1.165) is 0 Å². The van der Waals surface area contributed by atoms with E-state index in [9.17, 15) is 0 Å². The second kappa shape index (κ2) is 12.3. The third-order valence-corrected chi connectivity index (χ3v) is 11.4. The van der Waals surface area contributed by atoms with E-state index in [4.69, 9.17) is 0 Å². The van der Waals surface area contributed by atoms with Gasteiger partial charge in [0.2, 0.25) is 0 Å². The zero-order valence-electron chi connectivity index (χ0n) is 29.6. The maximum absolute atomic E-state index is 2.34. The van der Waals surface area contributed by atoms with Gasteiger partial charge in [-0.25, -0.2) is 0 Å². The average Bonchev–Trinajstić information content (AvgIpc) is 3.25. The number of hydrogen-bond donors (Lipinski definition) is 0. The second-order valence-electron chi connectivity index (χ2n) is 14.5. The van der Waals surface area contributed by atoms with Gasteiger partial charge in [-0.05, 0) is 133 Å². The molecule has 0 saturated carbocycles. The van der Waals surface area contributed by atoms with E-state index in [1.54, 1.807) is 0 Å². The fraction of sp³-hybridized carbons (Fsp3) is 0. The normalized spacial score (nSPS) is 11.7. The van der Waals surface area contributed by atoms with Crippen molar-refractivity contribution in [2.75, 3.05) is 0 Å². The molecule has 0 heteroatoms. The molecule has 250 valence electrons. The lowest BCUT2D eigenvalue weighted by atomic mass is 9.92. The summed E-state index contributed by atoms with van der Waals surface area (Å²) in [7, 11) is 0. The minimum atomic E-state index is 1.23. The Labute approximate surface area is 314 Å². The quantitative estimate of drug-likeness (QED) is 0.162. The summed E-state index contributed by atoms with van der Waals surface area (Å²) in [5.74, 6) is 0. The zero-order valence-corrected chi connectivity index (χ0v) is 29.6. The van der Waals surface area contributed by atoms with Gasteiger partial charge in [0.1, 0.15) is 0 Å². The Balaban J connectivity index is 0.897. The van der Waals surface area contributed by atoms with Crippen LogP contribution in [-0.4, -0.2) is 0 Å². The summed E-state index contributed by atoms with van der Waals surface area (Å²) in [6.45, 7) is 0. The van der Waals surface area contributed by atoms with Gasteiger partial charge in [0.15, 0.2) is 0 Å². The van der Waals surface area contributed by atoms with Gasteiger partial charge >= 0.3 is 0 Å². The van der Waals surface area contributed by atoms with Crippen LogP contribution in [-0.2, 0) is 0 Å². The van der Waals surface area contributed by atoms with Gasteiger partial charge in [0.05, 0.1) is 0 Å². The lowest BCUT2D eigenvalue weighted by Crippen LogP contribution is -1.85.